The van der Waals surface area contributed by atoms with E-state index in [-0.39, 0.29) is 6.42 Å². The van der Waals surface area contributed by atoms with E-state index in [0.29, 0.717) is 5.69 Å². The summed E-state index contributed by atoms with van der Waals surface area (Å²) in [5.41, 5.74) is 0.677. The smallest absolute Gasteiger partial charge is 0.309 e. The molecular weight excluding hydrogens is 266 g/mol. The van der Waals surface area contributed by atoms with Crippen LogP contribution in [-0.4, -0.2) is 21.8 Å². The Balaban J connectivity index is 2.37. The molecule has 0 fully saturated rings. The van der Waals surface area contributed by atoms with Gasteiger partial charge in [0.05, 0.1) is 12.1 Å². The first kappa shape index (κ1) is 15.5. The van der Waals surface area contributed by atoms with Crippen LogP contribution in [0.15, 0.2) is 9.72 Å². The van der Waals surface area contributed by atoms with Gasteiger partial charge >= 0.3 is 5.97 Å². The summed E-state index contributed by atoms with van der Waals surface area (Å²) >= 11 is 3.32. The van der Waals surface area contributed by atoms with E-state index in [1.807, 2.05) is 5.38 Å². The molecule has 1 N–H and O–H groups in total. The Labute approximate surface area is 117 Å². The molecule has 1 atom stereocenters. The molecule has 1 heterocycles. The number of hydrogen-bond acceptors (Lipinski definition) is 4. The number of carbonyl (C=O) groups is 1. The fourth-order valence-electron chi connectivity index (χ4n) is 1.68. The lowest BCUT2D eigenvalue weighted by Crippen LogP contribution is -2.02. The average Bonchev–Trinajstić information content (AvgIpc) is 2.76. The quantitative estimate of drug-likeness (QED) is 0.695. The highest BCUT2D eigenvalue weighted by Gasteiger charge is 2.10. The first-order valence-electron chi connectivity index (χ1n) is 6.44. The van der Waals surface area contributed by atoms with Crippen LogP contribution >= 0.6 is 23.1 Å². The zero-order valence-electron chi connectivity index (χ0n) is 11.0. The van der Waals surface area contributed by atoms with Gasteiger partial charge in [-0.05, 0) is 12.3 Å². The molecule has 0 bridgehead atoms. The molecule has 0 radical (unpaired) electrons. The van der Waals surface area contributed by atoms with Crippen molar-refractivity contribution in [3.63, 3.8) is 0 Å². The van der Waals surface area contributed by atoms with Gasteiger partial charge in [-0.15, -0.1) is 11.3 Å². The van der Waals surface area contributed by atoms with E-state index >= 15 is 0 Å². The number of rotatable bonds is 9. The van der Waals surface area contributed by atoms with Gasteiger partial charge in [0.25, 0.3) is 0 Å². The highest BCUT2D eigenvalue weighted by atomic mass is 32.2. The van der Waals surface area contributed by atoms with Gasteiger partial charge in [0.15, 0.2) is 0 Å². The summed E-state index contributed by atoms with van der Waals surface area (Å²) < 4.78 is 1.00. The number of thioether (sulfide) groups is 1. The van der Waals surface area contributed by atoms with Gasteiger partial charge in [-0.1, -0.05) is 44.9 Å². The molecule has 0 spiro atoms. The molecule has 0 amide bonds. The molecule has 0 aliphatic carbocycles. The normalized spacial score (nSPS) is 12.6. The summed E-state index contributed by atoms with van der Waals surface area (Å²) in [5.74, 6) is 1.03. The lowest BCUT2D eigenvalue weighted by atomic mass is 10.0. The molecule has 1 unspecified atom stereocenters. The number of carboxylic acid groups (broad SMARTS) is 1. The van der Waals surface area contributed by atoms with Crippen molar-refractivity contribution < 1.29 is 9.90 Å². The van der Waals surface area contributed by atoms with Gasteiger partial charge in [0.2, 0.25) is 0 Å². The van der Waals surface area contributed by atoms with Crippen molar-refractivity contribution in [1.82, 2.24) is 4.98 Å². The van der Waals surface area contributed by atoms with E-state index in [4.69, 9.17) is 5.11 Å². The SMILES string of the molecule is CCCCC(CC)CSc1nc(CC(=O)O)cs1. The number of nitrogens with zero attached hydrogens (tertiary/aromatic N) is 1. The van der Waals surface area contributed by atoms with Crippen LogP contribution in [0, 0.1) is 5.92 Å². The van der Waals surface area contributed by atoms with Crippen LogP contribution in [0.1, 0.15) is 45.2 Å². The molecule has 1 aromatic heterocycles. The topological polar surface area (TPSA) is 50.2 Å². The Morgan fingerprint density at radius 1 is 1.56 bits per heavy atom. The second-order valence-electron chi connectivity index (χ2n) is 4.40. The van der Waals surface area contributed by atoms with Gasteiger partial charge in [-0.2, -0.15) is 0 Å². The predicted octanol–water partition coefficient (Wildman–Crippen LogP) is 4.08. The maximum atomic E-state index is 10.6. The van der Waals surface area contributed by atoms with Crippen LogP contribution in [-0.2, 0) is 11.2 Å². The number of thiazole rings is 1. The molecule has 1 rings (SSSR count). The lowest BCUT2D eigenvalue weighted by molar-refractivity contribution is -0.136. The Morgan fingerprint density at radius 2 is 2.33 bits per heavy atom. The van der Waals surface area contributed by atoms with Gasteiger partial charge in [0.1, 0.15) is 4.34 Å². The van der Waals surface area contributed by atoms with Crippen molar-refractivity contribution in [3.8, 4) is 0 Å². The Hall–Kier alpha value is -0.550. The first-order valence-corrected chi connectivity index (χ1v) is 8.31. The Morgan fingerprint density at radius 3 is 2.94 bits per heavy atom. The highest BCUT2D eigenvalue weighted by molar-refractivity contribution is 8.01. The lowest BCUT2D eigenvalue weighted by Gasteiger charge is -2.12. The van der Waals surface area contributed by atoms with Crippen LogP contribution in [0.25, 0.3) is 0 Å². The summed E-state index contributed by atoms with van der Waals surface area (Å²) in [7, 11) is 0. The summed E-state index contributed by atoms with van der Waals surface area (Å²) in [5, 5.41) is 10.5. The number of hydrogen-bond donors (Lipinski definition) is 1. The monoisotopic (exact) mass is 287 g/mol. The minimum atomic E-state index is -0.814. The number of unbranched alkanes of at least 4 members (excludes halogenated alkanes) is 1. The number of aliphatic carboxylic acids is 1. The zero-order chi connectivity index (χ0) is 13.4. The molecule has 0 saturated carbocycles. The summed E-state index contributed by atoms with van der Waals surface area (Å²) in [6, 6.07) is 0. The number of aromatic nitrogens is 1. The van der Waals surface area contributed by atoms with Crippen LogP contribution in [0.4, 0.5) is 0 Å². The van der Waals surface area contributed by atoms with Crippen LogP contribution in [0.5, 0.6) is 0 Å². The maximum Gasteiger partial charge on any atom is 0.309 e. The Bertz CT molecular complexity index is 366. The van der Waals surface area contributed by atoms with E-state index in [0.717, 1.165) is 16.0 Å². The van der Waals surface area contributed by atoms with Crippen molar-refractivity contribution in [2.45, 2.75) is 50.3 Å². The minimum absolute atomic E-state index is 0.0318. The van der Waals surface area contributed by atoms with Crippen LogP contribution < -0.4 is 0 Å². The molecule has 5 heteroatoms. The average molecular weight is 287 g/mol. The standard InChI is InChI=1S/C13H21NO2S2/c1-3-5-6-10(4-2)8-17-13-14-11(9-18-13)7-12(15)16/h9-10H,3-8H2,1-2H3,(H,15,16). The van der Waals surface area contributed by atoms with Gasteiger partial charge in [0, 0.05) is 11.1 Å². The fourth-order valence-corrected chi connectivity index (χ4v) is 3.80. The third-order valence-corrected chi connectivity index (χ3v) is 5.15. The van der Waals surface area contributed by atoms with Gasteiger partial charge in [-0.3, -0.25) is 4.79 Å². The molecule has 102 valence electrons. The molecule has 3 nitrogen and oxygen atoms in total. The predicted molar refractivity (Wildman–Crippen MR) is 77.5 cm³/mol. The van der Waals surface area contributed by atoms with Crippen molar-refractivity contribution in [3.05, 3.63) is 11.1 Å². The van der Waals surface area contributed by atoms with Gasteiger partial charge in [-0.25, -0.2) is 4.98 Å². The summed E-state index contributed by atoms with van der Waals surface area (Å²) in [6.07, 6.45) is 5.07. The summed E-state index contributed by atoms with van der Waals surface area (Å²) in [6.45, 7) is 4.46. The second kappa shape index (κ2) is 8.53. The third kappa shape index (κ3) is 5.87. The largest absolute Gasteiger partial charge is 0.481 e. The summed E-state index contributed by atoms with van der Waals surface area (Å²) in [4.78, 5) is 14.9. The maximum absolute atomic E-state index is 10.6. The molecular formula is C13H21NO2S2. The highest BCUT2D eigenvalue weighted by Crippen LogP contribution is 2.27. The zero-order valence-corrected chi connectivity index (χ0v) is 12.6. The molecule has 1 aromatic rings. The van der Waals surface area contributed by atoms with E-state index in [1.165, 1.54) is 25.7 Å². The van der Waals surface area contributed by atoms with E-state index in [2.05, 4.69) is 18.8 Å². The van der Waals surface area contributed by atoms with Gasteiger partial charge < -0.3 is 5.11 Å². The molecule has 0 aromatic carbocycles. The molecule has 0 aliphatic heterocycles. The van der Waals surface area contributed by atoms with Crippen LogP contribution in [0.2, 0.25) is 0 Å². The van der Waals surface area contributed by atoms with Crippen molar-refractivity contribution >= 4 is 29.1 Å². The van der Waals surface area contributed by atoms with E-state index < -0.39 is 5.97 Å². The fraction of sp³-hybridized carbons (Fsp3) is 0.692. The molecule has 0 aliphatic rings. The minimum Gasteiger partial charge on any atom is -0.481 e. The van der Waals surface area contributed by atoms with Crippen molar-refractivity contribution in [1.29, 1.82) is 0 Å². The number of carboxylic acids is 1. The second-order valence-corrected chi connectivity index (χ2v) is 6.53. The molecule has 0 saturated heterocycles. The van der Waals surface area contributed by atoms with E-state index in [9.17, 15) is 4.79 Å². The molecule has 18 heavy (non-hydrogen) atoms. The first-order chi connectivity index (χ1) is 8.65. The van der Waals surface area contributed by atoms with Crippen molar-refractivity contribution in [2.75, 3.05) is 5.75 Å². The van der Waals surface area contributed by atoms with Crippen molar-refractivity contribution in [2.24, 2.45) is 5.92 Å². The van der Waals surface area contributed by atoms with E-state index in [1.54, 1.807) is 23.1 Å². The Kier molecular flexibility index (Phi) is 7.35. The third-order valence-electron chi connectivity index (χ3n) is 2.85. The van der Waals surface area contributed by atoms with Crippen LogP contribution in [0.3, 0.4) is 0 Å².